The van der Waals surface area contributed by atoms with Crippen LogP contribution in [0.5, 0.6) is 0 Å². The third-order valence-electron chi connectivity index (χ3n) is 5.18. The molecule has 3 rings (SSSR count). The van der Waals surface area contributed by atoms with Crippen molar-refractivity contribution in [2.24, 2.45) is 5.41 Å². The Morgan fingerprint density at radius 3 is 2.70 bits per heavy atom. The minimum Gasteiger partial charge on any atom is -0.465 e. The van der Waals surface area contributed by atoms with Crippen LogP contribution in [0.25, 0.3) is 0 Å². The molecule has 1 aromatic rings. The van der Waals surface area contributed by atoms with Gasteiger partial charge in [0.05, 0.1) is 6.04 Å². The van der Waals surface area contributed by atoms with E-state index in [2.05, 4.69) is 42.6 Å². The number of carboxylic acid groups (broad SMARTS) is 1. The molecule has 1 saturated heterocycles. The van der Waals surface area contributed by atoms with Crippen molar-refractivity contribution < 1.29 is 9.90 Å². The van der Waals surface area contributed by atoms with Crippen molar-refractivity contribution in [2.75, 3.05) is 24.5 Å². The highest BCUT2D eigenvalue weighted by molar-refractivity contribution is 5.66. The first-order valence-corrected chi connectivity index (χ1v) is 8.37. The molecule has 0 saturated carbocycles. The summed E-state index contributed by atoms with van der Waals surface area (Å²) in [5.41, 5.74) is 2.32. The minimum absolute atomic E-state index is 0.0453. The molecule has 1 unspecified atom stereocenters. The van der Waals surface area contributed by atoms with E-state index in [1.807, 2.05) is 0 Å². The highest BCUT2D eigenvalue weighted by Crippen LogP contribution is 2.38. The summed E-state index contributed by atoms with van der Waals surface area (Å²) < 4.78 is 0. The maximum absolute atomic E-state index is 11.6. The van der Waals surface area contributed by atoms with Crippen molar-refractivity contribution in [3.63, 3.8) is 0 Å². The average molecular weight is 318 g/mol. The van der Waals surface area contributed by atoms with Gasteiger partial charge in [0.25, 0.3) is 0 Å². The van der Waals surface area contributed by atoms with Crippen LogP contribution in [0, 0.1) is 5.41 Å². The van der Waals surface area contributed by atoms with Gasteiger partial charge < -0.3 is 14.9 Å². The third-order valence-corrected chi connectivity index (χ3v) is 5.18. The Morgan fingerprint density at radius 2 is 2.04 bits per heavy atom. The van der Waals surface area contributed by atoms with Gasteiger partial charge >= 0.3 is 6.09 Å². The molecule has 1 N–H and O–H groups in total. The number of aryl methyl sites for hydroxylation is 1. The van der Waals surface area contributed by atoms with Crippen LogP contribution in [0.15, 0.2) is 6.33 Å². The Hall–Kier alpha value is -1.85. The topological polar surface area (TPSA) is 69.6 Å². The Kier molecular flexibility index (Phi) is 3.94. The normalized spacial score (nSPS) is 24.7. The van der Waals surface area contributed by atoms with Crippen molar-refractivity contribution in [2.45, 2.75) is 52.5 Å². The summed E-state index contributed by atoms with van der Waals surface area (Å²) in [6, 6.07) is -0.0453. The van der Waals surface area contributed by atoms with Gasteiger partial charge in [-0.05, 0) is 24.2 Å². The predicted molar refractivity (Wildman–Crippen MR) is 89.0 cm³/mol. The number of nitrogens with zero attached hydrogens (tertiary/aromatic N) is 4. The Labute approximate surface area is 137 Å². The van der Waals surface area contributed by atoms with E-state index in [-0.39, 0.29) is 11.5 Å². The monoisotopic (exact) mass is 318 g/mol. The third kappa shape index (κ3) is 2.86. The van der Waals surface area contributed by atoms with Crippen LogP contribution in [0.4, 0.5) is 10.6 Å². The largest absolute Gasteiger partial charge is 0.465 e. The van der Waals surface area contributed by atoms with Crippen molar-refractivity contribution in [3.8, 4) is 0 Å². The second kappa shape index (κ2) is 5.65. The van der Waals surface area contributed by atoms with Crippen LogP contribution in [0.2, 0.25) is 0 Å². The molecular weight excluding hydrogens is 292 g/mol. The van der Waals surface area contributed by atoms with Crippen LogP contribution in [0.3, 0.4) is 0 Å². The number of hydrogen-bond donors (Lipinski definition) is 1. The first-order chi connectivity index (χ1) is 10.8. The number of hydrogen-bond acceptors (Lipinski definition) is 4. The van der Waals surface area contributed by atoms with E-state index >= 15 is 0 Å². The number of rotatable bonds is 1. The molecule has 2 heterocycles. The van der Waals surface area contributed by atoms with Crippen molar-refractivity contribution >= 4 is 11.9 Å². The second-order valence-electron chi connectivity index (χ2n) is 7.80. The highest BCUT2D eigenvalue weighted by Gasteiger charge is 2.39. The van der Waals surface area contributed by atoms with Gasteiger partial charge in [-0.25, -0.2) is 14.8 Å². The number of carbonyl (C=O) groups is 1. The van der Waals surface area contributed by atoms with E-state index in [0.29, 0.717) is 25.6 Å². The summed E-state index contributed by atoms with van der Waals surface area (Å²) >= 11 is 0. The van der Waals surface area contributed by atoms with E-state index in [9.17, 15) is 9.90 Å². The fourth-order valence-electron chi connectivity index (χ4n) is 3.82. The molecule has 0 radical (unpaired) electrons. The highest BCUT2D eigenvalue weighted by atomic mass is 16.4. The van der Waals surface area contributed by atoms with Crippen LogP contribution in [0.1, 0.15) is 51.3 Å². The molecule has 0 bridgehead atoms. The Bertz CT molecular complexity index is 611. The number of amides is 1. The van der Waals surface area contributed by atoms with E-state index in [1.165, 1.54) is 5.56 Å². The maximum atomic E-state index is 11.6. The summed E-state index contributed by atoms with van der Waals surface area (Å²) in [7, 11) is 0. The van der Waals surface area contributed by atoms with Gasteiger partial charge in [-0.15, -0.1) is 0 Å². The lowest BCUT2D eigenvalue weighted by atomic mass is 9.84. The molecule has 126 valence electrons. The lowest BCUT2D eigenvalue weighted by molar-refractivity contribution is 0.0746. The lowest BCUT2D eigenvalue weighted by Crippen LogP contribution is -2.59. The van der Waals surface area contributed by atoms with Crippen LogP contribution in [-0.2, 0) is 6.42 Å². The van der Waals surface area contributed by atoms with Crippen LogP contribution >= 0.6 is 0 Å². The maximum Gasteiger partial charge on any atom is 0.407 e. The predicted octanol–water partition coefficient (Wildman–Crippen LogP) is 2.74. The molecule has 1 aliphatic heterocycles. The van der Waals surface area contributed by atoms with Gasteiger partial charge in [-0.3, -0.25) is 0 Å². The van der Waals surface area contributed by atoms with Gasteiger partial charge in [0.2, 0.25) is 0 Å². The molecule has 1 aliphatic carbocycles. The minimum atomic E-state index is -0.828. The van der Waals surface area contributed by atoms with Gasteiger partial charge in [-0.1, -0.05) is 27.7 Å². The number of fused-ring (bicyclic) bond motifs is 1. The number of anilines is 1. The zero-order valence-corrected chi connectivity index (χ0v) is 14.4. The quantitative estimate of drug-likeness (QED) is 0.862. The summed E-state index contributed by atoms with van der Waals surface area (Å²) in [6.45, 7) is 10.4. The molecule has 0 spiro atoms. The van der Waals surface area contributed by atoms with Gasteiger partial charge in [0.15, 0.2) is 0 Å². The molecule has 2 aliphatic rings. The SMILES string of the molecule is CC1CCc2ncnc(N3CCN(C(=O)O)[C@H](C(C)(C)C)C3)c21. The Balaban J connectivity index is 1.92. The van der Waals surface area contributed by atoms with E-state index < -0.39 is 6.09 Å². The Morgan fingerprint density at radius 1 is 1.30 bits per heavy atom. The molecule has 1 fully saturated rings. The summed E-state index contributed by atoms with van der Waals surface area (Å²) in [5.74, 6) is 1.49. The molecule has 6 nitrogen and oxygen atoms in total. The first-order valence-electron chi connectivity index (χ1n) is 8.37. The average Bonchev–Trinajstić information content (AvgIpc) is 2.87. The van der Waals surface area contributed by atoms with Gasteiger partial charge in [-0.2, -0.15) is 0 Å². The number of piperazine rings is 1. The molecule has 0 aromatic carbocycles. The molecule has 1 amide bonds. The van der Waals surface area contributed by atoms with Crippen molar-refractivity contribution in [1.29, 1.82) is 0 Å². The van der Waals surface area contributed by atoms with Gasteiger partial charge in [0, 0.05) is 30.9 Å². The van der Waals surface area contributed by atoms with E-state index in [1.54, 1.807) is 11.2 Å². The molecule has 1 aromatic heterocycles. The van der Waals surface area contributed by atoms with E-state index in [0.717, 1.165) is 24.4 Å². The zero-order chi connectivity index (χ0) is 16.8. The smallest absolute Gasteiger partial charge is 0.407 e. The summed E-state index contributed by atoms with van der Waals surface area (Å²) in [4.78, 5) is 24.4. The fraction of sp³-hybridized carbons (Fsp3) is 0.706. The fourth-order valence-corrected chi connectivity index (χ4v) is 3.82. The summed E-state index contributed by atoms with van der Waals surface area (Å²) in [6.07, 6.45) is 2.97. The zero-order valence-electron chi connectivity index (χ0n) is 14.4. The summed E-state index contributed by atoms with van der Waals surface area (Å²) in [5, 5.41) is 9.51. The number of aromatic nitrogens is 2. The van der Waals surface area contributed by atoms with Crippen LogP contribution < -0.4 is 4.90 Å². The standard InChI is InChI=1S/C17H26N4O2/c1-11-5-6-12-14(11)15(19-10-18-12)20-7-8-21(16(22)23)13(9-20)17(2,3)4/h10-11,13H,5-9H2,1-4H3,(H,22,23)/t11?,13-/m0/s1. The second-order valence-corrected chi connectivity index (χ2v) is 7.80. The molecule has 6 heteroatoms. The van der Waals surface area contributed by atoms with Gasteiger partial charge in [0.1, 0.15) is 12.1 Å². The molecule has 2 atom stereocenters. The first kappa shape index (κ1) is 16.0. The molecule has 23 heavy (non-hydrogen) atoms. The van der Waals surface area contributed by atoms with Crippen molar-refractivity contribution in [3.05, 3.63) is 17.6 Å². The lowest BCUT2D eigenvalue weighted by Gasteiger charge is -2.46. The van der Waals surface area contributed by atoms with Crippen LogP contribution in [-0.4, -0.2) is 51.7 Å². The van der Waals surface area contributed by atoms with Crippen molar-refractivity contribution in [1.82, 2.24) is 14.9 Å². The molecular formula is C17H26N4O2. The van der Waals surface area contributed by atoms with E-state index in [4.69, 9.17) is 0 Å².